The Labute approximate surface area is 146 Å². The fraction of sp³-hybridized carbons (Fsp3) is 0.250. The van der Waals surface area contributed by atoms with E-state index < -0.39 is 0 Å². The number of hydrogen-bond donors (Lipinski definition) is 0. The molecule has 0 aliphatic heterocycles. The summed E-state index contributed by atoms with van der Waals surface area (Å²) in [6, 6.07) is 10.9. The third kappa shape index (κ3) is 2.47. The van der Waals surface area contributed by atoms with Gasteiger partial charge in [0.15, 0.2) is 0 Å². The summed E-state index contributed by atoms with van der Waals surface area (Å²) in [6.07, 6.45) is 0.920. The van der Waals surface area contributed by atoms with Gasteiger partial charge in [0.25, 0.3) is 0 Å². The molecule has 24 heavy (non-hydrogen) atoms. The smallest absolute Gasteiger partial charge is 0.139 e. The summed E-state index contributed by atoms with van der Waals surface area (Å²) in [7, 11) is 0. The minimum Gasteiger partial charge on any atom is -0.492 e. The lowest BCUT2D eigenvalue weighted by molar-refractivity contribution is 0.297. The number of benzene rings is 1. The quantitative estimate of drug-likeness (QED) is 0.486. The predicted octanol–water partition coefficient (Wildman–Crippen LogP) is 4.88. The van der Waals surface area contributed by atoms with Crippen LogP contribution in [0.1, 0.15) is 34.9 Å². The van der Waals surface area contributed by atoms with E-state index in [1.54, 1.807) is 11.3 Å². The Morgan fingerprint density at radius 1 is 1.29 bits per heavy atom. The molecule has 122 valence electrons. The van der Waals surface area contributed by atoms with Crippen molar-refractivity contribution >= 4 is 17.1 Å². The highest BCUT2D eigenvalue weighted by Crippen LogP contribution is 2.43. The molecule has 1 aliphatic carbocycles. The number of thiophene rings is 1. The summed E-state index contributed by atoms with van der Waals surface area (Å²) < 4.78 is 7.75. The summed E-state index contributed by atoms with van der Waals surface area (Å²) in [5.41, 5.74) is 7.30. The SMILES string of the molecule is C=C(OCC)c1nn(Cc2ccc(C)cc2)c2c1Cc1ccsc1-2. The molecule has 0 unspecified atom stereocenters. The number of hydrogen-bond acceptors (Lipinski definition) is 3. The number of nitrogens with zero attached hydrogens (tertiary/aromatic N) is 2. The fourth-order valence-corrected chi connectivity index (χ4v) is 4.24. The van der Waals surface area contributed by atoms with Crippen LogP contribution >= 0.6 is 11.3 Å². The van der Waals surface area contributed by atoms with E-state index in [1.165, 1.54) is 32.8 Å². The van der Waals surface area contributed by atoms with E-state index >= 15 is 0 Å². The van der Waals surface area contributed by atoms with Gasteiger partial charge in [-0.3, -0.25) is 4.68 Å². The minimum atomic E-state index is 0.611. The van der Waals surface area contributed by atoms with Crippen LogP contribution in [0.5, 0.6) is 0 Å². The highest BCUT2D eigenvalue weighted by molar-refractivity contribution is 7.13. The topological polar surface area (TPSA) is 27.1 Å². The van der Waals surface area contributed by atoms with E-state index in [0.717, 1.165) is 18.7 Å². The Morgan fingerprint density at radius 3 is 2.83 bits per heavy atom. The first-order valence-electron chi connectivity index (χ1n) is 8.21. The van der Waals surface area contributed by atoms with Crippen LogP contribution in [-0.2, 0) is 17.7 Å². The molecule has 3 aromatic rings. The summed E-state index contributed by atoms with van der Waals surface area (Å²) in [6.45, 7) is 9.54. The number of fused-ring (bicyclic) bond motifs is 3. The molecule has 0 fully saturated rings. The lowest BCUT2D eigenvalue weighted by Crippen LogP contribution is -2.04. The van der Waals surface area contributed by atoms with Gasteiger partial charge in [0.1, 0.15) is 11.5 Å². The number of ether oxygens (including phenoxy) is 1. The van der Waals surface area contributed by atoms with Gasteiger partial charge >= 0.3 is 0 Å². The Balaban J connectivity index is 1.78. The Bertz CT molecular complexity index is 902. The maximum absolute atomic E-state index is 5.64. The standard InChI is InChI=1S/C20H20N2OS/c1-4-23-14(3)18-17-11-16-9-10-24-20(16)19(17)22(21-18)12-15-7-5-13(2)6-8-15/h5-10H,3-4,11-12H2,1-2H3. The lowest BCUT2D eigenvalue weighted by atomic mass is 10.1. The Kier molecular flexibility index (Phi) is 3.77. The summed E-state index contributed by atoms with van der Waals surface area (Å²) >= 11 is 1.79. The molecule has 0 saturated carbocycles. The van der Waals surface area contributed by atoms with Crippen molar-refractivity contribution in [2.75, 3.05) is 6.61 Å². The van der Waals surface area contributed by atoms with E-state index in [0.29, 0.717) is 12.4 Å². The average molecular weight is 336 g/mol. The molecule has 0 radical (unpaired) electrons. The maximum atomic E-state index is 5.64. The first kappa shape index (κ1) is 15.2. The average Bonchev–Trinajstić information content (AvgIpc) is 3.22. The molecule has 4 heteroatoms. The van der Waals surface area contributed by atoms with Gasteiger partial charge in [-0.25, -0.2) is 0 Å². The third-order valence-electron chi connectivity index (χ3n) is 4.42. The van der Waals surface area contributed by atoms with Crippen LogP contribution in [0.25, 0.3) is 16.3 Å². The third-order valence-corrected chi connectivity index (χ3v) is 5.38. The fourth-order valence-electron chi connectivity index (χ4n) is 3.24. The van der Waals surface area contributed by atoms with Crippen LogP contribution in [0.2, 0.25) is 0 Å². The molecular formula is C20H20N2OS. The molecule has 3 nitrogen and oxygen atoms in total. The zero-order valence-corrected chi connectivity index (χ0v) is 14.8. The van der Waals surface area contributed by atoms with Crippen molar-refractivity contribution in [2.45, 2.75) is 26.8 Å². The first-order valence-corrected chi connectivity index (χ1v) is 9.09. The molecule has 4 rings (SSSR count). The van der Waals surface area contributed by atoms with Crippen molar-refractivity contribution in [3.05, 3.63) is 70.2 Å². The molecule has 0 N–H and O–H groups in total. The van der Waals surface area contributed by atoms with Crippen molar-refractivity contribution in [1.29, 1.82) is 0 Å². The van der Waals surface area contributed by atoms with Crippen LogP contribution in [0.4, 0.5) is 0 Å². The van der Waals surface area contributed by atoms with Crippen LogP contribution in [0.3, 0.4) is 0 Å². The molecule has 0 atom stereocenters. The summed E-state index contributed by atoms with van der Waals surface area (Å²) in [5.74, 6) is 0.673. The van der Waals surface area contributed by atoms with Crippen LogP contribution in [0, 0.1) is 6.92 Å². The molecule has 2 heterocycles. The molecule has 0 amide bonds. The highest BCUT2D eigenvalue weighted by atomic mass is 32.1. The first-order chi connectivity index (χ1) is 11.7. The van der Waals surface area contributed by atoms with Crippen LogP contribution in [0.15, 0.2) is 42.3 Å². The predicted molar refractivity (Wildman–Crippen MR) is 99.3 cm³/mol. The normalized spacial score (nSPS) is 12.1. The van der Waals surface area contributed by atoms with E-state index in [4.69, 9.17) is 9.84 Å². The molecular weight excluding hydrogens is 316 g/mol. The second kappa shape index (κ2) is 5.95. The van der Waals surface area contributed by atoms with Crippen molar-refractivity contribution in [1.82, 2.24) is 9.78 Å². The zero-order chi connectivity index (χ0) is 16.7. The van der Waals surface area contributed by atoms with E-state index in [-0.39, 0.29) is 0 Å². The van der Waals surface area contributed by atoms with Gasteiger partial charge in [-0.05, 0) is 36.4 Å². The van der Waals surface area contributed by atoms with Crippen molar-refractivity contribution in [3.8, 4) is 10.6 Å². The van der Waals surface area contributed by atoms with E-state index in [1.807, 2.05) is 6.92 Å². The van der Waals surface area contributed by atoms with Crippen molar-refractivity contribution in [2.24, 2.45) is 0 Å². The monoisotopic (exact) mass is 336 g/mol. The highest BCUT2D eigenvalue weighted by Gasteiger charge is 2.30. The maximum Gasteiger partial charge on any atom is 0.139 e. The second-order valence-corrected chi connectivity index (χ2v) is 7.04. The largest absolute Gasteiger partial charge is 0.492 e. The molecule has 0 bridgehead atoms. The van der Waals surface area contributed by atoms with E-state index in [2.05, 4.69) is 53.9 Å². The van der Waals surface area contributed by atoms with Crippen LogP contribution in [-0.4, -0.2) is 16.4 Å². The second-order valence-electron chi connectivity index (χ2n) is 6.13. The molecule has 0 saturated heterocycles. The summed E-state index contributed by atoms with van der Waals surface area (Å²) in [5, 5.41) is 7.01. The van der Waals surface area contributed by atoms with Crippen molar-refractivity contribution in [3.63, 3.8) is 0 Å². The number of aryl methyl sites for hydroxylation is 1. The van der Waals surface area contributed by atoms with Gasteiger partial charge in [-0.1, -0.05) is 36.4 Å². The van der Waals surface area contributed by atoms with E-state index in [9.17, 15) is 0 Å². The number of aromatic nitrogens is 2. The van der Waals surface area contributed by atoms with Crippen molar-refractivity contribution < 1.29 is 4.74 Å². The number of rotatable bonds is 5. The Morgan fingerprint density at radius 2 is 2.08 bits per heavy atom. The molecule has 2 aromatic heterocycles. The van der Waals surface area contributed by atoms with Gasteiger partial charge in [-0.15, -0.1) is 11.3 Å². The zero-order valence-electron chi connectivity index (χ0n) is 14.0. The lowest BCUT2D eigenvalue weighted by Gasteiger charge is -2.07. The molecule has 1 aliphatic rings. The Hall–Kier alpha value is -2.33. The minimum absolute atomic E-state index is 0.611. The molecule has 0 spiro atoms. The van der Waals surface area contributed by atoms with Gasteiger partial charge in [0.2, 0.25) is 0 Å². The van der Waals surface area contributed by atoms with Gasteiger partial charge in [0, 0.05) is 12.0 Å². The molecule has 1 aromatic carbocycles. The van der Waals surface area contributed by atoms with Crippen LogP contribution < -0.4 is 0 Å². The van der Waals surface area contributed by atoms with Gasteiger partial charge < -0.3 is 4.74 Å². The summed E-state index contributed by atoms with van der Waals surface area (Å²) in [4.78, 5) is 1.33. The van der Waals surface area contributed by atoms with Gasteiger partial charge in [-0.2, -0.15) is 5.10 Å². The van der Waals surface area contributed by atoms with Gasteiger partial charge in [0.05, 0.1) is 23.7 Å².